The lowest BCUT2D eigenvalue weighted by Crippen LogP contribution is -2.31. The van der Waals surface area contributed by atoms with Crippen molar-refractivity contribution in [3.8, 4) is 5.75 Å². The van der Waals surface area contributed by atoms with Gasteiger partial charge in [-0.1, -0.05) is 18.2 Å². The number of aromatic hydroxyl groups is 1. The van der Waals surface area contributed by atoms with E-state index in [1.54, 1.807) is 25.1 Å². The number of nitrogens with one attached hydrogen (secondary N) is 1. The van der Waals surface area contributed by atoms with E-state index < -0.39 is 6.10 Å². The number of aliphatic hydroxyl groups excluding tert-OH is 1. The van der Waals surface area contributed by atoms with Crippen molar-refractivity contribution in [3.05, 3.63) is 29.8 Å². The second-order valence-electron chi connectivity index (χ2n) is 3.46. The molecule has 0 aliphatic heterocycles. The summed E-state index contributed by atoms with van der Waals surface area (Å²) in [5.74, 6) is -0.0953. The van der Waals surface area contributed by atoms with Crippen LogP contribution in [0, 0.1) is 0 Å². The first kappa shape index (κ1) is 11.5. The molecular formula is C11H15NO3. The average Bonchev–Trinajstić information content (AvgIpc) is 2.18. The molecule has 4 heteroatoms. The lowest BCUT2D eigenvalue weighted by atomic mass is 10.1. The first-order valence-electron chi connectivity index (χ1n) is 4.81. The Balaban J connectivity index is 2.48. The molecule has 82 valence electrons. The number of para-hydroxylation sites is 1. The fraction of sp³-hybridized carbons (Fsp3) is 0.364. The predicted molar refractivity (Wildman–Crippen MR) is 56.5 cm³/mol. The van der Waals surface area contributed by atoms with Gasteiger partial charge in [-0.15, -0.1) is 0 Å². The van der Waals surface area contributed by atoms with Gasteiger partial charge in [-0.05, 0) is 13.0 Å². The molecule has 1 aromatic rings. The summed E-state index contributed by atoms with van der Waals surface area (Å²) < 4.78 is 0. The van der Waals surface area contributed by atoms with Gasteiger partial charge in [0.25, 0.3) is 0 Å². The summed E-state index contributed by atoms with van der Waals surface area (Å²) in [6.07, 6.45) is -0.433. The van der Waals surface area contributed by atoms with Crippen LogP contribution in [0.3, 0.4) is 0 Å². The molecule has 0 radical (unpaired) electrons. The highest BCUT2D eigenvalue weighted by Crippen LogP contribution is 2.15. The molecule has 0 aromatic heterocycles. The standard InChI is InChI=1S/C11H15NO3/c1-8(13)7-12-11(15)6-9-4-2-3-5-10(9)14/h2-5,8,13-14H,6-7H2,1H3,(H,12,15)/t8-/m0/s1. The van der Waals surface area contributed by atoms with Gasteiger partial charge in [0.15, 0.2) is 0 Å². The normalized spacial score (nSPS) is 12.1. The van der Waals surface area contributed by atoms with E-state index in [4.69, 9.17) is 5.11 Å². The van der Waals surface area contributed by atoms with Crippen LogP contribution in [-0.2, 0) is 11.2 Å². The molecule has 0 bridgehead atoms. The molecule has 4 nitrogen and oxygen atoms in total. The number of aliphatic hydroxyl groups is 1. The summed E-state index contributed by atoms with van der Waals surface area (Å²) in [5, 5.41) is 20.9. The third-order valence-electron chi connectivity index (χ3n) is 1.94. The summed E-state index contributed by atoms with van der Waals surface area (Å²) in [6.45, 7) is 1.83. The van der Waals surface area contributed by atoms with Crippen LogP contribution in [0.15, 0.2) is 24.3 Å². The molecule has 0 aliphatic carbocycles. The van der Waals surface area contributed by atoms with Crippen LogP contribution in [0.2, 0.25) is 0 Å². The average molecular weight is 209 g/mol. The molecule has 0 unspecified atom stereocenters. The number of hydrogen-bond donors (Lipinski definition) is 3. The monoisotopic (exact) mass is 209 g/mol. The summed E-state index contributed by atoms with van der Waals surface area (Å²) >= 11 is 0. The highest BCUT2D eigenvalue weighted by Gasteiger charge is 2.07. The van der Waals surface area contributed by atoms with Gasteiger partial charge in [0, 0.05) is 12.1 Å². The zero-order valence-corrected chi connectivity index (χ0v) is 8.60. The maximum Gasteiger partial charge on any atom is 0.224 e. The van der Waals surface area contributed by atoms with Gasteiger partial charge < -0.3 is 15.5 Å². The fourth-order valence-corrected chi connectivity index (χ4v) is 1.16. The van der Waals surface area contributed by atoms with E-state index in [9.17, 15) is 9.90 Å². The van der Waals surface area contributed by atoms with Gasteiger partial charge in [-0.2, -0.15) is 0 Å². The lowest BCUT2D eigenvalue weighted by Gasteiger charge is -2.07. The molecule has 1 aromatic carbocycles. The van der Waals surface area contributed by atoms with E-state index in [-0.39, 0.29) is 24.6 Å². The zero-order valence-electron chi connectivity index (χ0n) is 8.60. The van der Waals surface area contributed by atoms with Gasteiger partial charge in [0.05, 0.1) is 12.5 Å². The number of hydrogen-bond acceptors (Lipinski definition) is 3. The summed E-state index contributed by atoms with van der Waals surface area (Å²) in [6, 6.07) is 6.69. The Hall–Kier alpha value is -1.55. The SMILES string of the molecule is C[C@H](O)CNC(=O)Cc1ccccc1O. The molecule has 0 saturated carbocycles. The van der Waals surface area contributed by atoms with Crippen molar-refractivity contribution in [2.24, 2.45) is 0 Å². The first-order chi connectivity index (χ1) is 7.09. The molecular weight excluding hydrogens is 194 g/mol. The molecule has 1 amide bonds. The fourth-order valence-electron chi connectivity index (χ4n) is 1.16. The molecule has 0 heterocycles. The molecule has 15 heavy (non-hydrogen) atoms. The van der Waals surface area contributed by atoms with E-state index in [0.717, 1.165) is 0 Å². The van der Waals surface area contributed by atoms with E-state index in [1.807, 2.05) is 0 Å². The van der Waals surface area contributed by atoms with Crippen molar-refractivity contribution in [2.45, 2.75) is 19.4 Å². The van der Waals surface area contributed by atoms with E-state index in [1.165, 1.54) is 6.07 Å². The molecule has 3 N–H and O–H groups in total. The van der Waals surface area contributed by atoms with E-state index in [0.29, 0.717) is 5.56 Å². The van der Waals surface area contributed by atoms with Crippen LogP contribution >= 0.6 is 0 Å². The van der Waals surface area contributed by atoms with Crippen molar-refractivity contribution in [3.63, 3.8) is 0 Å². The second-order valence-corrected chi connectivity index (χ2v) is 3.46. The minimum absolute atomic E-state index is 0.115. The van der Waals surface area contributed by atoms with Crippen LogP contribution in [-0.4, -0.2) is 28.8 Å². The summed E-state index contributed by atoms with van der Waals surface area (Å²) in [7, 11) is 0. The van der Waals surface area contributed by atoms with E-state index >= 15 is 0 Å². The van der Waals surface area contributed by atoms with Gasteiger partial charge in [-0.25, -0.2) is 0 Å². The Morgan fingerprint density at radius 3 is 2.73 bits per heavy atom. The number of carbonyl (C=O) groups excluding carboxylic acids is 1. The second kappa shape index (κ2) is 5.36. The molecule has 0 aliphatic rings. The first-order valence-corrected chi connectivity index (χ1v) is 4.81. The van der Waals surface area contributed by atoms with Crippen LogP contribution < -0.4 is 5.32 Å². The lowest BCUT2D eigenvalue weighted by molar-refractivity contribution is -0.120. The molecule has 0 fully saturated rings. The van der Waals surface area contributed by atoms with Crippen LogP contribution in [0.4, 0.5) is 0 Å². The topological polar surface area (TPSA) is 69.6 Å². The van der Waals surface area contributed by atoms with Crippen molar-refractivity contribution in [1.29, 1.82) is 0 Å². The Labute approximate surface area is 88.6 Å². The van der Waals surface area contributed by atoms with E-state index in [2.05, 4.69) is 5.32 Å². The smallest absolute Gasteiger partial charge is 0.224 e. The maximum absolute atomic E-state index is 11.3. The van der Waals surface area contributed by atoms with Crippen LogP contribution in [0.5, 0.6) is 5.75 Å². The summed E-state index contributed by atoms with van der Waals surface area (Å²) in [4.78, 5) is 11.3. The van der Waals surface area contributed by atoms with Crippen LogP contribution in [0.25, 0.3) is 0 Å². The molecule has 0 saturated heterocycles. The predicted octanol–water partition coefficient (Wildman–Crippen LogP) is 0.432. The Kier molecular flexibility index (Phi) is 4.12. The Morgan fingerprint density at radius 1 is 1.47 bits per heavy atom. The zero-order chi connectivity index (χ0) is 11.3. The van der Waals surface area contributed by atoms with Crippen molar-refractivity contribution >= 4 is 5.91 Å². The largest absolute Gasteiger partial charge is 0.508 e. The maximum atomic E-state index is 11.3. The molecule has 1 atom stereocenters. The third kappa shape index (κ3) is 3.99. The third-order valence-corrected chi connectivity index (χ3v) is 1.94. The Morgan fingerprint density at radius 2 is 2.13 bits per heavy atom. The molecule has 0 spiro atoms. The van der Waals surface area contributed by atoms with Gasteiger partial charge in [0.2, 0.25) is 5.91 Å². The minimum atomic E-state index is -0.557. The quantitative estimate of drug-likeness (QED) is 0.673. The Bertz CT molecular complexity index is 336. The highest BCUT2D eigenvalue weighted by atomic mass is 16.3. The van der Waals surface area contributed by atoms with Crippen molar-refractivity contribution in [1.82, 2.24) is 5.32 Å². The number of amides is 1. The van der Waals surface area contributed by atoms with Crippen molar-refractivity contribution in [2.75, 3.05) is 6.54 Å². The van der Waals surface area contributed by atoms with Gasteiger partial charge in [0.1, 0.15) is 5.75 Å². The number of phenols is 1. The highest BCUT2D eigenvalue weighted by molar-refractivity contribution is 5.79. The minimum Gasteiger partial charge on any atom is -0.508 e. The summed E-state index contributed by atoms with van der Waals surface area (Å²) in [5.41, 5.74) is 0.584. The number of carbonyl (C=O) groups is 1. The van der Waals surface area contributed by atoms with Gasteiger partial charge in [-0.3, -0.25) is 4.79 Å². The number of rotatable bonds is 4. The van der Waals surface area contributed by atoms with Gasteiger partial charge >= 0.3 is 0 Å². The number of phenolic OH excluding ortho intramolecular Hbond substituents is 1. The van der Waals surface area contributed by atoms with Crippen LogP contribution in [0.1, 0.15) is 12.5 Å². The van der Waals surface area contributed by atoms with Crippen molar-refractivity contribution < 1.29 is 15.0 Å². The number of benzene rings is 1. The molecule has 1 rings (SSSR count).